The molecule has 33 heavy (non-hydrogen) atoms. The first kappa shape index (κ1) is 27.0. The van der Waals surface area contributed by atoms with E-state index in [4.69, 9.17) is 29.3 Å². The molecule has 1 aromatic rings. The molecule has 1 aromatic carbocycles. The lowest BCUT2D eigenvalue weighted by Gasteiger charge is -2.26. The molecular weight excluding hydrogens is 428 g/mol. The van der Waals surface area contributed by atoms with Crippen molar-refractivity contribution in [3.8, 4) is 5.75 Å². The van der Waals surface area contributed by atoms with Gasteiger partial charge in [-0.1, -0.05) is 12.1 Å². The first-order valence-electron chi connectivity index (χ1n) is 11.7. The second-order valence-electron chi connectivity index (χ2n) is 8.70. The molecule has 2 aliphatic heterocycles. The van der Waals surface area contributed by atoms with Gasteiger partial charge >= 0.3 is 0 Å². The summed E-state index contributed by atoms with van der Waals surface area (Å²) in [6, 6.07) is 8.62. The first-order valence-corrected chi connectivity index (χ1v) is 11.7. The number of nitrogens with zero attached hydrogens (tertiary/aromatic N) is 2. The highest BCUT2D eigenvalue weighted by Crippen LogP contribution is 2.38. The van der Waals surface area contributed by atoms with Crippen LogP contribution in [-0.4, -0.2) is 96.7 Å². The number of benzene rings is 1. The average Bonchev–Trinajstić information content (AvgIpc) is 3.33. The minimum absolute atomic E-state index is 0.0487. The summed E-state index contributed by atoms with van der Waals surface area (Å²) >= 11 is 0. The fraction of sp³-hybridized carbons (Fsp3) is 0.667. The zero-order chi connectivity index (χ0) is 23.9. The van der Waals surface area contributed by atoms with Crippen LogP contribution >= 0.6 is 0 Å². The quantitative estimate of drug-likeness (QED) is 0.389. The number of hydrogen-bond donors (Lipinski definition) is 3. The van der Waals surface area contributed by atoms with Gasteiger partial charge in [0.25, 0.3) is 12.9 Å². The van der Waals surface area contributed by atoms with Crippen LogP contribution in [0.5, 0.6) is 5.75 Å². The largest absolute Gasteiger partial charge is 0.494 e. The van der Waals surface area contributed by atoms with E-state index in [9.17, 15) is 5.11 Å². The Morgan fingerprint density at radius 2 is 1.52 bits per heavy atom. The molecule has 1 aliphatic carbocycles. The molecule has 2 saturated heterocycles. The fourth-order valence-corrected chi connectivity index (χ4v) is 4.90. The summed E-state index contributed by atoms with van der Waals surface area (Å²) in [6.45, 7) is 8.65. The Bertz CT molecular complexity index is 647. The number of rotatable bonds is 8. The molecule has 0 bridgehead atoms. The van der Waals surface area contributed by atoms with Crippen LogP contribution in [0.15, 0.2) is 24.3 Å². The monoisotopic (exact) mass is 466 g/mol. The van der Waals surface area contributed by atoms with Crippen LogP contribution in [0, 0.1) is 11.8 Å². The van der Waals surface area contributed by atoms with E-state index in [0.717, 1.165) is 84.1 Å². The molecule has 3 N–H and O–H groups in total. The van der Waals surface area contributed by atoms with Crippen molar-refractivity contribution in [3.63, 3.8) is 0 Å². The fourth-order valence-electron chi connectivity index (χ4n) is 4.90. The number of aliphatic hydroxyl groups excluding tert-OH is 1. The minimum atomic E-state index is -0.250. The molecule has 3 atom stereocenters. The van der Waals surface area contributed by atoms with Gasteiger partial charge in [-0.25, -0.2) is 0 Å². The molecule has 1 saturated carbocycles. The average molecular weight is 467 g/mol. The molecule has 0 aromatic heterocycles. The highest BCUT2D eigenvalue weighted by atomic mass is 16.5. The molecular formula is C24H38N2O7. The highest BCUT2D eigenvalue weighted by Gasteiger charge is 2.39. The van der Waals surface area contributed by atoms with Crippen molar-refractivity contribution in [2.45, 2.75) is 38.3 Å². The lowest BCUT2D eigenvalue weighted by Crippen LogP contribution is -2.36. The summed E-state index contributed by atoms with van der Waals surface area (Å²) in [6.07, 6.45) is 4.23. The Kier molecular flexibility index (Phi) is 12.8. The van der Waals surface area contributed by atoms with E-state index in [1.165, 1.54) is 12.0 Å². The molecule has 3 aliphatic rings. The summed E-state index contributed by atoms with van der Waals surface area (Å²) < 4.78 is 11.3. The summed E-state index contributed by atoms with van der Waals surface area (Å²) in [5.74, 6) is 2.40. The van der Waals surface area contributed by atoms with Crippen molar-refractivity contribution in [1.82, 2.24) is 9.80 Å². The van der Waals surface area contributed by atoms with Crippen LogP contribution in [0.25, 0.3) is 0 Å². The van der Waals surface area contributed by atoms with Gasteiger partial charge in [0, 0.05) is 32.7 Å². The Balaban J connectivity index is 0.000000582. The topological polar surface area (TPSA) is 120 Å². The third-order valence-corrected chi connectivity index (χ3v) is 6.37. The van der Waals surface area contributed by atoms with Crippen molar-refractivity contribution >= 4 is 12.9 Å². The van der Waals surface area contributed by atoms with Gasteiger partial charge in [-0.2, -0.15) is 0 Å². The Hall–Kier alpha value is -2.20. The number of likely N-dealkylation sites (tertiary alicyclic amines) is 1. The number of unbranched alkanes of at least 4 members (excludes halogenated alkanes) is 1. The molecule has 2 heterocycles. The van der Waals surface area contributed by atoms with Crippen LogP contribution in [-0.2, 0) is 20.9 Å². The third kappa shape index (κ3) is 10.1. The van der Waals surface area contributed by atoms with Crippen LogP contribution in [0.1, 0.15) is 31.2 Å². The molecule has 9 nitrogen and oxygen atoms in total. The molecule has 9 heteroatoms. The lowest BCUT2D eigenvalue weighted by atomic mass is 10.0. The molecule has 186 valence electrons. The standard InChI is InChI=1S/C22H34N2O3.2CH2O2/c25-21-13-19-16-24(17-20(19)14-21)15-18-3-5-22(6-4-18)27-10-2-1-7-23-8-11-26-12-9-23;2*2-1-3/h3-6,19-21,25H,1-2,7-17H2;2*1H,(H,2,3)/t19-,20+,21?;;. The maximum Gasteiger partial charge on any atom is 0.290 e. The summed E-state index contributed by atoms with van der Waals surface area (Å²) in [5, 5.41) is 23.6. The first-order chi connectivity index (χ1) is 16.1. The summed E-state index contributed by atoms with van der Waals surface area (Å²) in [4.78, 5) is 21.7. The number of carbonyl (C=O) groups is 2. The molecule has 3 fully saturated rings. The van der Waals surface area contributed by atoms with Crippen LogP contribution < -0.4 is 4.74 Å². The molecule has 0 spiro atoms. The van der Waals surface area contributed by atoms with Gasteiger partial charge in [0.2, 0.25) is 0 Å². The summed E-state index contributed by atoms with van der Waals surface area (Å²) in [5.41, 5.74) is 1.36. The van der Waals surface area contributed by atoms with Gasteiger partial charge in [-0.3, -0.25) is 19.4 Å². The van der Waals surface area contributed by atoms with Gasteiger partial charge in [0.05, 0.1) is 25.9 Å². The van der Waals surface area contributed by atoms with Gasteiger partial charge in [0.15, 0.2) is 0 Å². The van der Waals surface area contributed by atoms with E-state index in [1.54, 1.807) is 0 Å². The Morgan fingerprint density at radius 1 is 0.939 bits per heavy atom. The summed E-state index contributed by atoms with van der Waals surface area (Å²) in [7, 11) is 0. The molecule has 0 amide bonds. The van der Waals surface area contributed by atoms with E-state index >= 15 is 0 Å². The van der Waals surface area contributed by atoms with E-state index in [2.05, 4.69) is 34.1 Å². The van der Waals surface area contributed by atoms with Crippen LogP contribution in [0.4, 0.5) is 0 Å². The van der Waals surface area contributed by atoms with Gasteiger partial charge in [-0.05, 0) is 61.8 Å². The zero-order valence-electron chi connectivity index (χ0n) is 19.3. The van der Waals surface area contributed by atoms with Crippen LogP contribution in [0.2, 0.25) is 0 Å². The van der Waals surface area contributed by atoms with Crippen LogP contribution in [0.3, 0.4) is 0 Å². The Labute approximate surface area is 195 Å². The van der Waals surface area contributed by atoms with Crippen molar-refractivity contribution in [2.75, 3.05) is 52.5 Å². The lowest BCUT2D eigenvalue weighted by molar-refractivity contribution is -0.123. The van der Waals surface area contributed by atoms with Crippen molar-refractivity contribution < 1.29 is 34.4 Å². The number of fused-ring (bicyclic) bond motifs is 1. The van der Waals surface area contributed by atoms with Crippen molar-refractivity contribution in [2.24, 2.45) is 11.8 Å². The van der Waals surface area contributed by atoms with Gasteiger partial charge in [-0.15, -0.1) is 0 Å². The van der Waals surface area contributed by atoms with E-state index in [0.29, 0.717) is 11.8 Å². The van der Waals surface area contributed by atoms with E-state index in [1.807, 2.05) is 0 Å². The smallest absolute Gasteiger partial charge is 0.290 e. The van der Waals surface area contributed by atoms with Gasteiger partial charge in [0.1, 0.15) is 5.75 Å². The Morgan fingerprint density at radius 3 is 2.09 bits per heavy atom. The number of carboxylic acid groups (broad SMARTS) is 2. The van der Waals surface area contributed by atoms with E-state index < -0.39 is 0 Å². The predicted molar refractivity (Wildman–Crippen MR) is 123 cm³/mol. The second-order valence-corrected chi connectivity index (χ2v) is 8.70. The normalized spacial score (nSPS) is 24.6. The van der Waals surface area contributed by atoms with Crippen molar-refractivity contribution in [3.05, 3.63) is 29.8 Å². The highest BCUT2D eigenvalue weighted by molar-refractivity contribution is 5.33. The van der Waals surface area contributed by atoms with Crippen molar-refractivity contribution in [1.29, 1.82) is 0 Å². The zero-order valence-corrected chi connectivity index (χ0v) is 19.3. The SMILES string of the molecule is O=CO.O=CO.OC1C[C@@H]2CN(Cc3ccc(OCCCCN4CCOCC4)cc3)C[C@@H]2C1. The predicted octanol–water partition coefficient (Wildman–Crippen LogP) is 1.78. The molecule has 4 rings (SSSR count). The third-order valence-electron chi connectivity index (χ3n) is 6.37. The van der Waals surface area contributed by atoms with Gasteiger partial charge < -0.3 is 24.8 Å². The molecule has 0 radical (unpaired) electrons. The maximum absolute atomic E-state index is 9.77. The van der Waals surface area contributed by atoms with E-state index in [-0.39, 0.29) is 19.0 Å². The minimum Gasteiger partial charge on any atom is -0.494 e. The number of aliphatic hydroxyl groups is 1. The maximum atomic E-state index is 9.77. The molecule has 1 unspecified atom stereocenters. The number of ether oxygens (including phenoxy) is 2. The second kappa shape index (κ2) is 15.6. The number of hydrogen-bond acceptors (Lipinski definition) is 7. The number of morpholine rings is 1.